The molecule has 0 aliphatic rings. The maximum absolute atomic E-state index is 12.6. The Morgan fingerprint density at radius 3 is 2.88 bits per heavy atom. The third kappa shape index (κ3) is 4.87. The maximum atomic E-state index is 12.6. The van der Waals surface area contributed by atoms with E-state index in [1.165, 1.54) is 11.8 Å². The molecule has 0 radical (unpaired) electrons. The number of hydrogen-bond acceptors (Lipinski definition) is 4. The lowest BCUT2D eigenvalue weighted by molar-refractivity contribution is -0.113. The van der Waals surface area contributed by atoms with Gasteiger partial charge < -0.3 is 10.3 Å². The molecular formula is C16H12ClF2N3OS2. The molecule has 0 aliphatic heterocycles. The van der Waals surface area contributed by atoms with Crippen LogP contribution in [-0.4, -0.2) is 27.4 Å². The highest BCUT2D eigenvalue weighted by Crippen LogP contribution is 2.31. The van der Waals surface area contributed by atoms with Gasteiger partial charge in [-0.25, -0.2) is 4.98 Å². The average Bonchev–Trinajstić information content (AvgIpc) is 2.96. The second-order valence-electron chi connectivity index (χ2n) is 4.91. The minimum atomic E-state index is -2.55. The molecule has 0 atom stereocenters. The first kappa shape index (κ1) is 18.0. The van der Waals surface area contributed by atoms with Crippen molar-refractivity contribution in [1.82, 2.24) is 9.97 Å². The van der Waals surface area contributed by atoms with E-state index in [9.17, 15) is 13.6 Å². The topological polar surface area (TPSA) is 57.8 Å². The first-order valence-corrected chi connectivity index (χ1v) is 9.37. The maximum Gasteiger partial charge on any atom is 0.288 e. The number of amides is 1. The van der Waals surface area contributed by atoms with Crippen LogP contribution in [0, 0.1) is 0 Å². The molecule has 1 aromatic heterocycles. The second kappa shape index (κ2) is 8.07. The van der Waals surface area contributed by atoms with E-state index in [0.717, 1.165) is 11.0 Å². The summed E-state index contributed by atoms with van der Waals surface area (Å²) in [5.41, 5.74) is 1.91. The number of benzene rings is 2. The Hall–Kier alpha value is -1.77. The highest BCUT2D eigenvalue weighted by Gasteiger charge is 2.13. The van der Waals surface area contributed by atoms with E-state index in [-0.39, 0.29) is 11.7 Å². The molecule has 130 valence electrons. The molecule has 2 N–H and O–H groups in total. The van der Waals surface area contributed by atoms with Crippen LogP contribution in [0.4, 0.5) is 14.5 Å². The Balaban J connectivity index is 1.62. The van der Waals surface area contributed by atoms with Crippen LogP contribution in [0.15, 0.2) is 52.5 Å². The fourth-order valence-corrected chi connectivity index (χ4v) is 3.57. The number of H-pyrrole nitrogens is 1. The van der Waals surface area contributed by atoms with Gasteiger partial charge in [0.15, 0.2) is 5.16 Å². The third-order valence-corrected chi connectivity index (χ3v) is 5.04. The number of anilines is 1. The van der Waals surface area contributed by atoms with Gasteiger partial charge in [-0.2, -0.15) is 8.78 Å². The smallest absolute Gasteiger partial charge is 0.288 e. The third-order valence-electron chi connectivity index (χ3n) is 3.14. The van der Waals surface area contributed by atoms with Gasteiger partial charge in [-0.3, -0.25) is 4.79 Å². The number of para-hydroxylation sites is 1. The number of nitrogens with one attached hydrogen (secondary N) is 2. The van der Waals surface area contributed by atoms with Crippen molar-refractivity contribution < 1.29 is 13.6 Å². The van der Waals surface area contributed by atoms with Crippen LogP contribution in [0.2, 0.25) is 5.02 Å². The molecule has 2 aromatic carbocycles. The Bertz CT molecular complexity index is 904. The van der Waals surface area contributed by atoms with Crippen LogP contribution in [-0.2, 0) is 4.79 Å². The van der Waals surface area contributed by atoms with Crippen molar-refractivity contribution in [2.24, 2.45) is 0 Å². The molecule has 0 saturated heterocycles. The van der Waals surface area contributed by atoms with E-state index in [2.05, 4.69) is 15.3 Å². The minimum absolute atomic E-state index is 0.0984. The van der Waals surface area contributed by atoms with Gasteiger partial charge >= 0.3 is 0 Å². The molecule has 9 heteroatoms. The second-order valence-corrected chi connectivity index (χ2v) is 7.35. The predicted octanol–water partition coefficient (Wildman–Crippen LogP) is 5.26. The highest BCUT2D eigenvalue weighted by molar-refractivity contribution is 8.00. The number of carbonyl (C=O) groups is 1. The van der Waals surface area contributed by atoms with E-state index in [0.29, 0.717) is 32.5 Å². The average molecular weight is 400 g/mol. The molecule has 0 aliphatic carbocycles. The van der Waals surface area contributed by atoms with E-state index >= 15 is 0 Å². The Morgan fingerprint density at radius 2 is 2.08 bits per heavy atom. The quantitative estimate of drug-likeness (QED) is 0.555. The molecule has 1 amide bonds. The number of halogens is 3. The Labute approximate surface area is 155 Å². The van der Waals surface area contributed by atoms with Gasteiger partial charge in [-0.05, 0) is 30.3 Å². The first-order chi connectivity index (χ1) is 12.0. The van der Waals surface area contributed by atoms with Crippen molar-refractivity contribution >= 4 is 57.8 Å². The largest absolute Gasteiger partial charge is 0.333 e. The lowest BCUT2D eigenvalue weighted by atomic mass is 10.3. The highest BCUT2D eigenvalue weighted by atomic mass is 35.5. The van der Waals surface area contributed by atoms with Crippen LogP contribution in [0.25, 0.3) is 11.0 Å². The number of nitrogens with zero attached hydrogens (tertiary/aromatic N) is 1. The molecular weight excluding hydrogens is 388 g/mol. The van der Waals surface area contributed by atoms with E-state index < -0.39 is 5.76 Å². The van der Waals surface area contributed by atoms with Gasteiger partial charge in [0.2, 0.25) is 5.91 Å². The minimum Gasteiger partial charge on any atom is -0.333 e. The number of hydrogen-bond donors (Lipinski definition) is 2. The monoisotopic (exact) mass is 399 g/mol. The standard InChI is InChI=1S/C16H12ClF2N3OS2/c17-9-5-6-10-12(7-9)22-16(21-10)24-8-14(23)20-11-3-1-2-4-13(11)25-15(18)19/h1-7,15H,8H2,(H,20,23)(H,21,22). The van der Waals surface area contributed by atoms with E-state index in [4.69, 9.17) is 11.6 Å². The zero-order valence-corrected chi connectivity index (χ0v) is 15.0. The number of carbonyl (C=O) groups excluding carboxylic acids is 1. The molecule has 0 unspecified atom stereocenters. The van der Waals surface area contributed by atoms with Crippen LogP contribution in [0.3, 0.4) is 0 Å². The van der Waals surface area contributed by atoms with Gasteiger partial charge in [-0.1, -0.05) is 47.3 Å². The summed E-state index contributed by atoms with van der Waals surface area (Å²) in [5.74, 6) is -2.75. The normalized spacial score (nSPS) is 11.2. The first-order valence-electron chi connectivity index (χ1n) is 7.13. The fourth-order valence-electron chi connectivity index (χ4n) is 2.12. The van der Waals surface area contributed by atoms with E-state index in [1.807, 2.05) is 0 Å². The van der Waals surface area contributed by atoms with Gasteiger partial charge in [0.25, 0.3) is 5.76 Å². The summed E-state index contributed by atoms with van der Waals surface area (Å²) < 4.78 is 25.1. The SMILES string of the molecule is O=C(CSc1nc2ccc(Cl)cc2[nH]1)Nc1ccccc1SC(F)F. The van der Waals surface area contributed by atoms with E-state index in [1.54, 1.807) is 42.5 Å². The van der Waals surface area contributed by atoms with Crippen molar-refractivity contribution in [3.05, 3.63) is 47.5 Å². The lowest BCUT2D eigenvalue weighted by Gasteiger charge is -2.09. The Morgan fingerprint density at radius 1 is 1.28 bits per heavy atom. The van der Waals surface area contributed by atoms with Crippen molar-refractivity contribution in [2.75, 3.05) is 11.1 Å². The summed E-state index contributed by atoms with van der Waals surface area (Å²) in [5, 5.41) is 3.83. The van der Waals surface area contributed by atoms with Crippen LogP contribution < -0.4 is 5.32 Å². The molecule has 1 heterocycles. The van der Waals surface area contributed by atoms with Gasteiger partial charge in [0, 0.05) is 9.92 Å². The van der Waals surface area contributed by atoms with Crippen LogP contribution in [0.5, 0.6) is 0 Å². The lowest BCUT2D eigenvalue weighted by Crippen LogP contribution is -2.14. The van der Waals surface area contributed by atoms with Crippen LogP contribution in [0.1, 0.15) is 0 Å². The van der Waals surface area contributed by atoms with Crippen LogP contribution >= 0.6 is 35.1 Å². The van der Waals surface area contributed by atoms with Crippen molar-refractivity contribution in [3.8, 4) is 0 Å². The molecule has 0 spiro atoms. The van der Waals surface area contributed by atoms with Crippen molar-refractivity contribution in [2.45, 2.75) is 15.8 Å². The van der Waals surface area contributed by atoms with Gasteiger partial charge in [0.1, 0.15) is 0 Å². The number of aromatic nitrogens is 2. The van der Waals surface area contributed by atoms with Crippen molar-refractivity contribution in [1.29, 1.82) is 0 Å². The summed E-state index contributed by atoms with van der Waals surface area (Å²) >= 11 is 7.54. The molecule has 25 heavy (non-hydrogen) atoms. The fraction of sp³-hybridized carbons (Fsp3) is 0.125. The summed E-state index contributed by atoms with van der Waals surface area (Å²) in [7, 11) is 0. The summed E-state index contributed by atoms with van der Waals surface area (Å²) in [4.78, 5) is 19.9. The summed E-state index contributed by atoms with van der Waals surface area (Å²) in [6.45, 7) is 0. The zero-order valence-electron chi connectivity index (χ0n) is 12.6. The molecule has 0 fully saturated rings. The Kier molecular flexibility index (Phi) is 5.82. The number of imidazole rings is 1. The number of fused-ring (bicyclic) bond motifs is 1. The zero-order chi connectivity index (χ0) is 17.8. The molecule has 0 bridgehead atoms. The van der Waals surface area contributed by atoms with Gasteiger partial charge in [-0.15, -0.1) is 0 Å². The summed E-state index contributed by atoms with van der Waals surface area (Å²) in [6.07, 6.45) is 0. The molecule has 4 nitrogen and oxygen atoms in total. The molecule has 0 saturated carbocycles. The number of rotatable bonds is 6. The molecule has 3 aromatic rings. The molecule has 3 rings (SSSR count). The predicted molar refractivity (Wildman–Crippen MR) is 98.8 cm³/mol. The summed E-state index contributed by atoms with van der Waals surface area (Å²) in [6, 6.07) is 11.8. The number of thioether (sulfide) groups is 2. The number of alkyl halides is 2. The van der Waals surface area contributed by atoms with Gasteiger partial charge in [0.05, 0.1) is 22.5 Å². The van der Waals surface area contributed by atoms with Crippen molar-refractivity contribution in [3.63, 3.8) is 0 Å². The number of aromatic amines is 1.